The highest BCUT2D eigenvalue weighted by molar-refractivity contribution is 6.02. The smallest absolute Gasteiger partial charge is 0.318 e. The molecule has 0 bridgehead atoms. The molecule has 32 heavy (non-hydrogen) atoms. The fourth-order valence-corrected chi connectivity index (χ4v) is 4.37. The molecule has 1 unspecified atom stereocenters. The SMILES string of the molecule is Cc1c(-c2ccccc2)c(N2CCC(N(C)C)C2)c2oc(C(C)(C)C(=O)O)nc2c1C#N. The number of nitriles is 1. The van der Waals surface area contributed by atoms with Crippen LogP contribution >= 0.6 is 0 Å². The van der Waals surface area contributed by atoms with E-state index in [0.29, 0.717) is 22.7 Å². The number of oxazole rings is 1. The first-order valence-electron chi connectivity index (χ1n) is 10.7. The van der Waals surface area contributed by atoms with Crippen LogP contribution in [-0.2, 0) is 10.2 Å². The molecule has 0 amide bonds. The number of anilines is 1. The summed E-state index contributed by atoms with van der Waals surface area (Å²) in [5.41, 5.74) is 3.64. The standard InChI is InChI=1S/C25H28N4O3/c1-15-18(13-26)20-22(32-23(27-20)25(2,3)24(30)31)21(19(15)16-9-7-6-8-10-16)29-12-11-17(14-29)28(4)5/h6-10,17H,11-12,14H2,1-5H3,(H,30,31). The number of carbonyl (C=O) groups is 1. The highest BCUT2D eigenvalue weighted by Crippen LogP contribution is 2.45. The third-order valence-corrected chi connectivity index (χ3v) is 6.52. The lowest BCUT2D eigenvalue weighted by Crippen LogP contribution is -2.31. The van der Waals surface area contributed by atoms with Gasteiger partial charge in [0.15, 0.2) is 5.58 Å². The van der Waals surface area contributed by atoms with E-state index < -0.39 is 11.4 Å². The average molecular weight is 433 g/mol. The maximum absolute atomic E-state index is 11.9. The predicted molar refractivity (Wildman–Crippen MR) is 124 cm³/mol. The van der Waals surface area contributed by atoms with Gasteiger partial charge in [0.1, 0.15) is 17.0 Å². The van der Waals surface area contributed by atoms with Crippen LogP contribution < -0.4 is 4.90 Å². The van der Waals surface area contributed by atoms with Crippen LogP contribution in [0.2, 0.25) is 0 Å². The number of likely N-dealkylation sites (N-methyl/N-ethyl adjacent to an activating group) is 1. The molecule has 0 spiro atoms. The normalized spacial score (nSPS) is 16.7. The molecular weight excluding hydrogens is 404 g/mol. The second-order valence-electron chi connectivity index (χ2n) is 9.18. The van der Waals surface area contributed by atoms with Gasteiger partial charge in [-0.15, -0.1) is 0 Å². The summed E-state index contributed by atoms with van der Waals surface area (Å²) in [5, 5.41) is 19.7. The van der Waals surface area contributed by atoms with Crippen LogP contribution in [-0.4, -0.2) is 54.2 Å². The monoisotopic (exact) mass is 432 g/mol. The zero-order valence-corrected chi connectivity index (χ0v) is 19.1. The van der Waals surface area contributed by atoms with Gasteiger partial charge in [-0.05, 0) is 52.4 Å². The van der Waals surface area contributed by atoms with Crippen molar-refractivity contribution in [2.75, 3.05) is 32.1 Å². The van der Waals surface area contributed by atoms with Gasteiger partial charge in [0.25, 0.3) is 0 Å². The summed E-state index contributed by atoms with van der Waals surface area (Å²) in [6, 6.07) is 12.6. The second-order valence-corrected chi connectivity index (χ2v) is 9.18. The molecule has 4 rings (SSSR count). The van der Waals surface area contributed by atoms with Crippen molar-refractivity contribution in [2.24, 2.45) is 0 Å². The number of carboxylic acids is 1. The zero-order valence-electron chi connectivity index (χ0n) is 19.1. The van der Waals surface area contributed by atoms with Gasteiger partial charge in [-0.3, -0.25) is 4.79 Å². The fourth-order valence-electron chi connectivity index (χ4n) is 4.37. The maximum atomic E-state index is 11.9. The highest BCUT2D eigenvalue weighted by atomic mass is 16.4. The fraction of sp³-hybridized carbons (Fsp3) is 0.400. The van der Waals surface area contributed by atoms with Crippen LogP contribution in [0.4, 0.5) is 5.69 Å². The van der Waals surface area contributed by atoms with E-state index in [2.05, 4.69) is 34.9 Å². The molecule has 0 aliphatic carbocycles. The number of aromatic nitrogens is 1. The van der Waals surface area contributed by atoms with E-state index in [9.17, 15) is 15.2 Å². The van der Waals surface area contributed by atoms with Crippen molar-refractivity contribution < 1.29 is 14.3 Å². The van der Waals surface area contributed by atoms with Crippen LogP contribution in [0.3, 0.4) is 0 Å². The first kappa shape index (κ1) is 21.8. The summed E-state index contributed by atoms with van der Waals surface area (Å²) in [6.07, 6.45) is 1.00. The van der Waals surface area contributed by atoms with Crippen molar-refractivity contribution in [3.63, 3.8) is 0 Å². The molecule has 7 nitrogen and oxygen atoms in total. The second kappa shape index (κ2) is 7.95. The lowest BCUT2D eigenvalue weighted by Gasteiger charge is -2.25. The number of carboxylic acid groups (broad SMARTS) is 1. The number of nitrogens with zero attached hydrogens (tertiary/aromatic N) is 4. The summed E-state index contributed by atoms with van der Waals surface area (Å²) < 4.78 is 6.19. The van der Waals surface area contributed by atoms with E-state index in [0.717, 1.165) is 41.9 Å². The van der Waals surface area contributed by atoms with Gasteiger partial charge >= 0.3 is 5.97 Å². The Labute approximate surface area is 187 Å². The number of rotatable bonds is 5. The van der Waals surface area contributed by atoms with Gasteiger partial charge in [0.2, 0.25) is 5.89 Å². The topological polar surface area (TPSA) is 93.6 Å². The molecule has 1 aliphatic rings. The molecular formula is C25H28N4O3. The number of aliphatic carboxylic acids is 1. The van der Waals surface area contributed by atoms with Crippen LogP contribution in [0, 0.1) is 18.3 Å². The molecule has 2 aromatic carbocycles. The number of benzene rings is 2. The Balaban J connectivity index is 2.06. The van der Waals surface area contributed by atoms with E-state index in [-0.39, 0.29) is 5.89 Å². The van der Waals surface area contributed by atoms with Crippen molar-refractivity contribution in [3.05, 3.63) is 47.3 Å². The minimum atomic E-state index is -1.32. The van der Waals surface area contributed by atoms with Crippen LogP contribution in [0.1, 0.15) is 37.3 Å². The summed E-state index contributed by atoms with van der Waals surface area (Å²) in [6.45, 7) is 6.70. The van der Waals surface area contributed by atoms with Gasteiger partial charge in [0.05, 0.1) is 11.3 Å². The van der Waals surface area contributed by atoms with E-state index in [1.807, 2.05) is 37.3 Å². The lowest BCUT2D eigenvalue weighted by molar-refractivity contribution is -0.143. The molecule has 1 aromatic heterocycles. The Kier molecular flexibility index (Phi) is 5.43. The average Bonchev–Trinajstić information content (AvgIpc) is 3.41. The van der Waals surface area contributed by atoms with Crippen molar-refractivity contribution in [3.8, 4) is 17.2 Å². The minimum Gasteiger partial charge on any atom is -0.480 e. The molecule has 0 radical (unpaired) electrons. The van der Waals surface area contributed by atoms with Crippen LogP contribution in [0.25, 0.3) is 22.2 Å². The Bertz CT molecular complexity index is 1220. The lowest BCUT2D eigenvalue weighted by atomic mass is 9.93. The van der Waals surface area contributed by atoms with E-state index in [1.165, 1.54) is 0 Å². The molecule has 1 N–H and O–H groups in total. The largest absolute Gasteiger partial charge is 0.480 e. The maximum Gasteiger partial charge on any atom is 0.318 e. The van der Waals surface area contributed by atoms with Crippen molar-refractivity contribution in [1.82, 2.24) is 9.88 Å². The number of hydrogen-bond donors (Lipinski definition) is 1. The first-order valence-corrected chi connectivity index (χ1v) is 10.7. The van der Waals surface area contributed by atoms with E-state index in [4.69, 9.17) is 4.42 Å². The first-order chi connectivity index (χ1) is 15.2. The number of hydrogen-bond acceptors (Lipinski definition) is 6. The van der Waals surface area contributed by atoms with Gasteiger partial charge in [-0.1, -0.05) is 30.3 Å². The molecule has 7 heteroatoms. The Morgan fingerprint density at radius 1 is 1.31 bits per heavy atom. The van der Waals surface area contributed by atoms with Gasteiger partial charge in [0, 0.05) is 24.7 Å². The molecule has 3 aromatic rings. The molecule has 1 atom stereocenters. The number of fused-ring (bicyclic) bond motifs is 1. The Hall–Kier alpha value is -3.37. The van der Waals surface area contributed by atoms with E-state index in [1.54, 1.807) is 13.8 Å². The molecule has 166 valence electrons. The van der Waals surface area contributed by atoms with Crippen molar-refractivity contribution in [2.45, 2.75) is 38.6 Å². The third kappa shape index (κ3) is 3.41. The predicted octanol–water partition coefficient (Wildman–Crippen LogP) is 4.18. The van der Waals surface area contributed by atoms with Gasteiger partial charge < -0.3 is 19.3 Å². The van der Waals surface area contributed by atoms with Crippen molar-refractivity contribution in [1.29, 1.82) is 5.26 Å². The molecule has 1 saturated heterocycles. The zero-order chi connectivity index (χ0) is 23.2. The summed E-state index contributed by atoms with van der Waals surface area (Å²) in [7, 11) is 4.15. The van der Waals surface area contributed by atoms with Crippen LogP contribution in [0.5, 0.6) is 0 Å². The molecule has 0 saturated carbocycles. The molecule has 1 aliphatic heterocycles. The summed E-state index contributed by atoms with van der Waals surface area (Å²) in [5.74, 6) is -0.927. The highest BCUT2D eigenvalue weighted by Gasteiger charge is 2.38. The van der Waals surface area contributed by atoms with Crippen LogP contribution in [0.15, 0.2) is 34.7 Å². The quantitative estimate of drug-likeness (QED) is 0.646. The molecule has 2 heterocycles. The van der Waals surface area contributed by atoms with Gasteiger partial charge in [-0.25, -0.2) is 4.98 Å². The van der Waals surface area contributed by atoms with Gasteiger partial charge in [-0.2, -0.15) is 5.26 Å². The summed E-state index contributed by atoms with van der Waals surface area (Å²) in [4.78, 5) is 20.9. The Morgan fingerprint density at radius 3 is 2.56 bits per heavy atom. The van der Waals surface area contributed by atoms with Crippen molar-refractivity contribution >= 4 is 22.8 Å². The third-order valence-electron chi connectivity index (χ3n) is 6.52. The van der Waals surface area contributed by atoms with E-state index >= 15 is 0 Å². The minimum absolute atomic E-state index is 0.103. The Morgan fingerprint density at radius 2 is 2.00 bits per heavy atom. The molecule has 1 fully saturated rings. The summed E-state index contributed by atoms with van der Waals surface area (Å²) >= 11 is 0.